The fourth-order valence-electron chi connectivity index (χ4n) is 3.55. The number of hydrogen-bond donors (Lipinski definition) is 1. The van der Waals surface area contributed by atoms with E-state index >= 15 is 0 Å². The third kappa shape index (κ3) is 8.23. The number of aliphatic hydroxyl groups is 1. The fourth-order valence-corrected chi connectivity index (χ4v) is 3.55. The molecular formula is C23H38N2O4. The van der Waals surface area contributed by atoms with Crippen LogP contribution in [0.15, 0.2) is 18.2 Å². The zero-order valence-corrected chi connectivity index (χ0v) is 18.9. The predicted molar refractivity (Wildman–Crippen MR) is 115 cm³/mol. The van der Waals surface area contributed by atoms with Crippen LogP contribution in [0.2, 0.25) is 0 Å². The minimum absolute atomic E-state index is 0.265. The van der Waals surface area contributed by atoms with Gasteiger partial charge in [-0.05, 0) is 83.7 Å². The van der Waals surface area contributed by atoms with Crippen LogP contribution in [-0.4, -0.2) is 72.5 Å². The van der Waals surface area contributed by atoms with Gasteiger partial charge in [-0.2, -0.15) is 0 Å². The van der Waals surface area contributed by atoms with Gasteiger partial charge in [-0.15, -0.1) is 0 Å². The minimum Gasteiger partial charge on any atom is -0.491 e. The SMILES string of the molecule is Cc1ccc(C)c(OCC(O)CN2CCC(CN(C)C(=O)OC(C)(C)C)CC2)c1. The third-order valence-corrected chi connectivity index (χ3v) is 5.19. The molecule has 0 bridgehead atoms. The van der Waals surface area contributed by atoms with Crippen LogP contribution in [0.25, 0.3) is 0 Å². The van der Waals surface area contributed by atoms with E-state index in [1.807, 2.05) is 46.8 Å². The minimum atomic E-state index is -0.518. The first-order chi connectivity index (χ1) is 13.5. The number of hydrogen-bond acceptors (Lipinski definition) is 5. The molecule has 2 rings (SSSR count). The second-order valence-corrected chi connectivity index (χ2v) is 9.34. The lowest BCUT2D eigenvalue weighted by Gasteiger charge is -2.35. The van der Waals surface area contributed by atoms with E-state index in [1.165, 1.54) is 0 Å². The number of ether oxygens (including phenoxy) is 2. The number of rotatable bonds is 7. The lowest BCUT2D eigenvalue weighted by molar-refractivity contribution is 0.0227. The van der Waals surface area contributed by atoms with Gasteiger partial charge >= 0.3 is 6.09 Å². The van der Waals surface area contributed by atoms with E-state index in [1.54, 1.807) is 11.9 Å². The van der Waals surface area contributed by atoms with Crippen LogP contribution in [0.1, 0.15) is 44.7 Å². The Balaban J connectivity index is 1.69. The molecule has 1 heterocycles. The van der Waals surface area contributed by atoms with Crippen LogP contribution in [0.5, 0.6) is 5.75 Å². The number of likely N-dealkylation sites (tertiary alicyclic amines) is 1. The monoisotopic (exact) mass is 406 g/mol. The molecular weight excluding hydrogens is 368 g/mol. The summed E-state index contributed by atoms with van der Waals surface area (Å²) in [6.45, 7) is 13.2. The van der Waals surface area contributed by atoms with E-state index in [0.29, 0.717) is 25.6 Å². The second-order valence-electron chi connectivity index (χ2n) is 9.34. The van der Waals surface area contributed by atoms with E-state index in [4.69, 9.17) is 9.47 Å². The molecule has 0 spiro atoms. The van der Waals surface area contributed by atoms with Crippen molar-refractivity contribution in [3.63, 3.8) is 0 Å². The summed E-state index contributed by atoms with van der Waals surface area (Å²) in [6, 6.07) is 6.11. The topological polar surface area (TPSA) is 62.2 Å². The molecule has 1 fully saturated rings. The summed E-state index contributed by atoms with van der Waals surface area (Å²) in [7, 11) is 1.80. The summed E-state index contributed by atoms with van der Waals surface area (Å²) in [6.07, 6.45) is 1.24. The Kier molecular flexibility index (Phi) is 8.34. The van der Waals surface area contributed by atoms with Crippen molar-refractivity contribution in [1.82, 2.24) is 9.80 Å². The third-order valence-electron chi connectivity index (χ3n) is 5.19. The summed E-state index contributed by atoms with van der Waals surface area (Å²) in [5.74, 6) is 1.31. The first-order valence-electron chi connectivity index (χ1n) is 10.6. The van der Waals surface area contributed by atoms with Crippen molar-refractivity contribution in [3.8, 4) is 5.75 Å². The van der Waals surface area contributed by atoms with Crippen molar-refractivity contribution >= 4 is 6.09 Å². The Morgan fingerprint density at radius 3 is 2.55 bits per heavy atom. The van der Waals surface area contributed by atoms with Gasteiger partial charge in [-0.25, -0.2) is 4.79 Å². The molecule has 1 saturated heterocycles. The van der Waals surface area contributed by atoms with Gasteiger partial charge in [0, 0.05) is 20.1 Å². The Labute approximate surface area is 175 Å². The van der Waals surface area contributed by atoms with Gasteiger partial charge in [0.25, 0.3) is 0 Å². The second kappa shape index (κ2) is 10.3. The zero-order chi connectivity index (χ0) is 21.6. The molecule has 1 aliphatic heterocycles. The Morgan fingerprint density at radius 1 is 1.28 bits per heavy atom. The number of carbonyl (C=O) groups is 1. The standard InChI is InChI=1S/C23H38N2O4/c1-17-7-8-18(2)21(13-17)28-16-20(26)15-25-11-9-19(10-12-25)14-24(6)22(27)29-23(3,4)5/h7-8,13,19-20,26H,9-12,14-16H2,1-6H3. The van der Waals surface area contributed by atoms with E-state index in [9.17, 15) is 9.90 Å². The number of piperidine rings is 1. The molecule has 0 aliphatic carbocycles. The van der Waals surface area contributed by atoms with E-state index in [0.717, 1.165) is 42.8 Å². The van der Waals surface area contributed by atoms with E-state index in [2.05, 4.69) is 11.0 Å². The fraction of sp³-hybridized carbons (Fsp3) is 0.696. The Bertz CT molecular complexity index is 663. The number of aliphatic hydroxyl groups excluding tert-OH is 1. The van der Waals surface area contributed by atoms with Gasteiger partial charge in [0.15, 0.2) is 0 Å². The van der Waals surface area contributed by atoms with Crippen LogP contribution in [0, 0.1) is 19.8 Å². The lowest BCUT2D eigenvalue weighted by atomic mass is 9.96. The molecule has 0 radical (unpaired) electrons. The van der Waals surface area contributed by atoms with Gasteiger partial charge in [-0.1, -0.05) is 12.1 Å². The van der Waals surface area contributed by atoms with Crippen molar-refractivity contribution in [2.24, 2.45) is 5.92 Å². The number of aryl methyl sites for hydroxylation is 2. The first kappa shape index (κ1) is 23.5. The Hall–Kier alpha value is -1.79. The number of amides is 1. The number of benzene rings is 1. The predicted octanol–water partition coefficient (Wildman–Crippen LogP) is 3.62. The van der Waals surface area contributed by atoms with Gasteiger partial charge in [0.1, 0.15) is 24.1 Å². The van der Waals surface area contributed by atoms with Crippen LogP contribution in [0.3, 0.4) is 0 Å². The molecule has 1 atom stereocenters. The van der Waals surface area contributed by atoms with Gasteiger partial charge < -0.3 is 24.4 Å². The molecule has 1 unspecified atom stereocenters. The van der Waals surface area contributed by atoms with Crippen LogP contribution < -0.4 is 4.74 Å². The van der Waals surface area contributed by atoms with Crippen LogP contribution in [0.4, 0.5) is 4.79 Å². The number of nitrogens with zero attached hydrogens (tertiary/aromatic N) is 2. The molecule has 1 aliphatic rings. The maximum atomic E-state index is 12.1. The van der Waals surface area contributed by atoms with Crippen molar-refractivity contribution in [1.29, 1.82) is 0 Å². The maximum absolute atomic E-state index is 12.1. The highest BCUT2D eigenvalue weighted by Gasteiger charge is 2.25. The molecule has 6 nitrogen and oxygen atoms in total. The van der Waals surface area contributed by atoms with Gasteiger partial charge in [-0.3, -0.25) is 0 Å². The highest BCUT2D eigenvalue weighted by Crippen LogP contribution is 2.21. The average Bonchev–Trinajstić information content (AvgIpc) is 2.62. The highest BCUT2D eigenvalue weighted by molar-refractivity contribution is 5.67. The molecule has 0 aromatic heterocycles. The lowest BCUT2D eigenvalue weighted by Crippen LogP contribution is -2.43. The van der Waals surface area contributed by atoms with Crippen molar-refractivity contribution in [2.75, 3.05) is 39.8 Å². The first-order valence-corrected chi connectivity index (χ1v) is 10.6. The summed E-state index contributed by atoms with van der Waals surface area (Å²) >= 11 is 0. The van der Waals surface area contributed by atoms with E-state index < -0.39 is 11.7 Å². The summed E-state index contributed by atoms with van der Waals surface area (Å²) in [4.78, 5) is 16.1. The van der Waals surface area contributed by atoms with Crippen LogP contribution in [-0.2, 0) is 4.74 Å². The normalized spacial score (nSPS) is 17.1. The highest BCUT2D eigenvalue weighted by atomic mass is 16.6. The van der Waals surface area contributed by atoms with Gasteiger partial charge in [0.2, 0.25) is 0 Å². The number of carbonyl (C=O) groups excluding carboxylic acids is 1. The Morgan fingerprint density at radius 2 is 1.93 bits per heavy atom. The number of β-amino-alcohol motifs (C(OH)–C–C–N with tert-alkyl or cyclic N) is 1. The summed E-state index contributed by atoms with van der Waals surface area (Å²) in [5, 5.41) is 10.4. The molecule has 29 heavy (non-hydrogen) atoms. The van der Waals surface area contributed by atoms with Gasteiger partial charge in [0.05, 0.1) is 0 Å². The largest absolute Gasteiger partial charge is 0.491 e. The molecule has 1 aromatic rings. The average molecular weight is 407 g/mol. The zero-order valence-electron chi connectivity index (χ0n) is 18.9. The molecule has 1 aromatic carbocycles. The van der Waals surface area contributed by atoms with Crippen LogP contribution >= 0.6 is 0 Å². The molecule has 0 saturated carbocycles. The molecule has 1 N–H and O–H groups in total. The molecule has 164 valence electrons. The van der Waals surface area contributed by atoms with Crippen molar-refractivity contribution < 1.29 is 19.4 Å². The van der Waals surface area contributed by atoms with Crippen molar-refractivity contribution in [2.45, 2.75) is 59.2 Å². The summed E-state index contributed by atoms with van der Waals surface area (Å²) in [5.41, 5.74) is 1.76. The smallest absolute Gasteiger partial charge is 0.410 e. The summed E-state index contributed by atoms with van der Waals surface area (Å²) < 4.78 is 11.2. The van der Waals surface area contributed by atoms with Crippen molar-refractivity contribution in [3.05, 3.63) is 29.3 Å². The quantitative estimate of drug-likeness (QED) is 0.749. The maximum Gasteiger partial charge on any atom is 0.410 e. The molecule has 1 amide bonds. The molecule has 6 heteroatoms. The van der Waals surface area contributed by atoms with E-state index in [-0.39, 0.29) is 6.09 Å².